The molecule has 2 nitrogen and oxygen atoms in total. The van der Waals surface area contributed by atoms with E-state index in [-0.39, 0.29) is 0 Å². The first-order valence-corrected chi connectivity index (χ1v) is 4.16. The molecular weight excluding hydrogens is 186 g/mol. The van der Waals surface area contributed by atoms with Gasteiger partial charge in [-0.2, -0.15) is 0 Å². The molecule has 1 aromatic rings. The van der Waals surface area contributed by atoms with Crippen molar-refractivity contribution in [2.45, 2.75) is 0 Å². The molecule has 0 heterocycles. The van der Waals surface area contributed by atoms with Crippen LogP contribution in [0.2, 0.25) is 5.02 Å². The highest BCUT2D eigenvalue weighted by molar-refractivity contribution is 6.33. The molecule has 1 rings (SSSR count). The summed E-state index contributed by atoms with van der Waals surface area (Å²) in [7, 11) is 1.61. The molecule has 0 aliphatic heterocycles. The maximum Gasteiger partial charge on any atom is 0.121 e. The maximum atomic E-state index is 5.90. The van der Waals surface area contributed by atoms with Crippen molar-refractivity contribution in [1.29, 1.82) is 0 Å². The summed E-state index contributed by atoms with van der Waals surface area (Å²) in [6.07, 6.45) is 5.11. The molecule has 0 unspecified atom stereocenters. The van der Waals surface area contributed by atoms with Crippen molar-refractivity contribution in [1.82, 2.24) is 0 Å². The molecule has 0 fully saturated rings. The van der Waals surface area contributed by atoms with E-state index in [2.05, 4.69) is 11.2 Å². The van der Waals surface area contributed by atoms with Crippen LogP contribution in [0.5, 0.6) is 5.75 Å². The van der Waals surface area contributed by atoms with Gasteiger partial charge in [-0.1, -0.05) is 17.5 Å². The average Bonchev–Trinajstić information content (AvgIpc) is 2.17. The van der Waals surface area contributed by atoms with Gasteiger partial charge in [0.1, 0.15) is 5.75 Å². The molecule has 3 heteroatoms. The van der Waals surface area contributed by atoms with Gasteiger partial charge in [0.25, 0.3) is 0 Å². The van der Waals surface area contributed by atoms with E-state index in [1.54, 1.807) is 25.3 Å². The molecule has 13 heavy (non-hydrogen) atoms. The summed E-state index contributed by atoms with van der Waals surface area (Å²) in [6.45, 7) is 0.451. The molecule has 0 aliphatic carbocycles. The Morgan fingerprint density at radius 2 is 2.38 bits per heavy atom. The van der Waals surface area contributed by atoms with E-state index >= 15 is 0 Å². The second-order valence-electron chi connectivity index (χ2n) is 2.40. The molecule has 0 radical (unpaired) electrons. The number of terminal acetylenes is 1. The summed E-state index contributed by atoms with van der Waals surface area (Å²) >= 11 is 5.90. The van der Waals surface area contributed by atoms with E-state index in [0.717, 1.165) is 11.4 Å². The Morgan fingerprint density at radius 1 is 1.62 bits per heavy atom. The Morgan fingerprint density at radius 3 is 3.00 bits per heavy atom. The summed E-state index contributed by atoms with van der Waals surface area (Å²) in [5.74, 6) is 3.22. The van der Waals surface area contributed by atoms with Crippen LogP contribution in [0.15, 0.2) is 18.2 Å². The Bertz CT molecular complexity index is 330. The van der Waals surface area contributed by atoms with Crippen molar-refractivity contribution in [2.24, 2.45) is 0 Å². The third-order valence-corrected chi connectivity index (χ3v) is 1.88. The highest BCUT2D eigenvalue weighted by Crippen LogP contribution is 2.26. The van der Waals surface area contributed by atoms with E-state index in [0.29, 0.717) is 11.6 Å². The molecule has 1 aromatic carbocycles. The molecule has 0 amide bonds. The molecule has 1 N–H and O–H groups in total. The Balaban J connectivity index is 2.85. The van der Waals surface area contributed by atoms with E-state index < -0.39 is 0 Å². The van der Waals surface area contributed by atoms with Crippen LogP contribution in [0.25, 0.3) is 0 Å². The van der Waals surface area contributed by atoms with Gasteiger partial charge in [-0.15, -0.1) is 6.42 Å². The SMILES string of the molecule is C#CCNc1cc(OC)ccc1Cl. The van der Waals surface area contributed by atoms with Crippen molar-refractivity contribution in [3.63, 3.8) is 0 Å². The maximum absolute atomic E-state index is 5.90. The van der Waals surface area contributed by atoms with Gasteiger partial charge in [-0.3, -0.25) is 0 Å². The number of ether oxygens (including phenoxy) is 1. The lowest BCUT2D eigenvalue weighted by atomic mass is 10.3. The molecular formula is C10H10ClNO. The molecule has 0 bridgehead atoms. The van der Waals surface area contributed by atoms with Gasteiger partial charge >= 0.3 is 0 Å². The van der Waals surface area contributed by atoms with Gasteiger partial charge in [0.05, 0.1) is 24.4 Å². The van der Waals surface area contributed by atoms with Crippen LogP contribution in [0.1, 0.15) is 0 Å². The summed E-state index contributed by atoms with van der Waals surface area (Å²) in [6, 6.07) is 5.36. The number of benzene rings is 1. The number of methoxy groups -OCH3 is 1. The largest absolute Gasteiger partial charge is 0.497 e. The Hall–Kier alpha value is -1.33. The fraction of sp³-hybridized carbons (Fsp3) is 0.200. The fourth-order valence-corrected chi connectivity index (χ4v) is 1.10. The second kappa shape index (κ2) is 4.64. The van der Waals surface area contributed by atoms with Crippen LogP contribution in [-0.2, 0) is 0 Å². The molecule has 68 valence electrons. The van der Waals surface area contributed by atoms with Crippen molar-refractivity contribution < 1.29 is 4.74 Å². The molecule has 0 saturated carbocycles. The number of anilines is 1. The highest BCUT2D eigenvalue weighted by atomic mass is 35.5. The smallest absolute Gasteiger partial charge is 0.121 e. The minimum atomic E-state index is 0.451. The van der Waals surface area contributed by atoms with Crippen LogP contribution >= 0.6 is 11.6 Å². The third kappa shape index (κ3) is 2.57. The lowest BCUT2D eigenvalue weighted by molar-refractivity contribution is 0.415. The van der Waals surface area contributed by atoms with Crippen molar-refractivity contribution >= 4 is 17.3 Å². The molecule has 0 atom stereocenters. The first-order valence-electron chi connectivity index (χ1n) is 3.79. The van der Waals surface area contributed by atoms with Gasteiger partial charge in [-0.05, 0) is 12.1 Å². The van der Waals surface area contributed by atoms with E-state index in [1.165, 1.54) is 0 Å². The molecule has 0 spiro atoms. The Kier molecular flexibility index (Phi) is 3.48. The van der Waals surface area contributed by atoms with Gasteiger partial charge in [0.15, 0.2) is 0 Å². The van der Waals surface area contributed by atoms with Crippen molar-refractivity contribution in [2.75, 3.05) is 19.0 Å². The monoisotopic (exact) mass is 195 g/mol. The first-order chi connectivity index (χ1) is 6.27. The van der Waals surface area contributed by atoms with Gasteiger partial charge in [-0.25, -0.2) is 0 Å². The first kappa shape index (κ1) is 9.76. The van der Waals surface area contributed by atoms with Gasteiger partial charge < -0.3 is 10.1 Å². The predicted octanol–water partition coefficient (Wildman–Crippen LogP) is 2.39. The van der Waals surface area contributed by atoms with Crippen molar-refractivity contribution in [3.8, 4) is 18.1 Å². The average molecular weight is 196 g/mol. The topological polar surface area (TPSA) is 21.3 Å². The summed E-state index contributed by atoms with van der Waals surface area (Å²) in [5.41, 5.74) is 0.791. The lowest BCUT2D eigenvalue weighted by Crippen LogP contribution is -1.99. The number of rotatable bonds is 3. The highest BCUT2D eigenvalue weighted by Gasteiger charge is 2.00. The van der Waals surface area contributed by atoms with Crippen LogP contribution in [0.3, 0.4) is 0 Å². The molecule has 0 aliphatic rings. The fourth-order valence-electron chi connectivity index (χ4n) is 0.913. The van der Waals surface area contributed by atoms with Crippen LogP contribution in [0.4, 0.5) is 5.69 Å². The number of hydrogen-bond acceptors (Lipinski definition) is 2. The zero-order chi connectivity index (χ0) is 9.68. The van der Waals surface area contributed by atoms with Crippen molar-refractivity contribution in [3.05, 3.63) is 23.2 Å². The summed E-state index contributed by atoms with van der Waals surface area (Å²) in [5, 5.41) is 3.62. The van der Waals surface area contributed by atoms with Gasteiger partial charge in [0, 0.05) is 6.07 Å². The quantitative estimate of drug-likeness (QED) is 0.748. The van der Waals surface area contributed by atoms with Crippen LogP contribution in [-0.4, -0.2) is 13.7 Å². The standard InChI is InChI=1S/C10H10ClNO/c1-3-6-12-10-7-8(13-2)4-5-9(10)11/h1,4-5,7,12H,6H2,2H3. The Labute approximate surface area is 82.9 Å². The number of nitrogens with one attached hydrogen (secondary N) is 1. The number of halogens is 1. The van der Waals surface area contributed by atoms with Gasteiger partial charge in [0.2, 0.25) is 0 Å². The zero-order valence-corrected chi connectivity index (χ0v) is 8.06. The summed E-state index contributed by atoms with van der Waals surface area (Å²) < 4.78 is 5.04. The molecule has 0 saturated heterocycles. The van der Waals surface area contributed by atoms with E-state index in [1.807, 2.05) is 0 Å². The predicted molar refractivity (Wildman–Crippen MR) is 55.3 cm³/mol. The van der Waals surface area contributed by atoms with E-state index in [4.69, 9.17) is 22.8 Å². The lowest BCUT2D eigenvalue weighted by Gasteiger charge is -2.07. The molecule has 0 aromatic heterocycles. The van der Waals surface area contributed by atoms with E-state index in [9.17, 15) is 0 Å². The normalized spacial score (nSPS) is 9.00. The third-order valence-electron chi connectivity index (χ3n) is 1.55. The zero-order valence-electron chi connectivity index (χ0n) is 7.30. The number of hydrogen-bond donors (Lipinski definition) is 1. The second-order valence-corrected chi connectivity index (χ2v) is 2.81. The van der Waals surface area contributed by atoms with Crippen LogP contribution in [0, 0.1) is 12.3 Å². The van der Waals surface area contributed by atoms with Crippen LogP contribution < -0.4 is 10.1 Å². The minimum Gasteiger partial charge on any atom is -0.497 e. The minimum absolute atomic E-state index is 0.451. The summed E-state index contributed by atoms with van der Waals surface area (Å²) in [4.78, 5) is 0.